The summed E-state index contributed by atoms with van der Waals surface area (Å²) < 4.78 is 7.07. The first-order chi connectivity index (χ1) is 10.4. The summed E-state index contributed by atoms with van der Waals surface area (Å²) in [6.45, 7) is 5.88. The average molecular weight is 302 g/mol. The SMILES string of the molecule is CC(C)Oc1ccc(C(C)NC(=O)c2c(N)cnn2C)cc1. The molecule has 1 atom stereocenters. The number of hydrogen-bond donors (Lipinski definition) is 2. The molecule has 0 fully saturated rings. The quantitative estimate of drug-likeness (QED) is 0.887. The highest BCUT2D eigenvalue weighted by Gasteiger charge is 2.17. The van der Waals surface area contributed by atoms with Crippen LogP contribution < -0.4 is 15.8 Å². The van der Waals surface area contributed by atoms with Gasteiger partial charge in [-0.05, 0) is 38.5 Å². The average Bonchev–Trinajstić information content (AvgIpc) is 2.78. The van der Waals surface area contributed by atoms with Crippen molar-refractivity contribution >= 4 is 11.6 Å². The Morgan fingerprint density at radius 1 is 1.27 bits per heavy atom. The third kappa shape index (κ3) is 3.58. The van der Waals surface area contributed by atoms with Crippen LogP contribution in [0.25, 0.3) is 0 Å². The number of hydrogen-bond acceptors (Lipinski definition) is 4. The monoisotopic (exact) mass is 302 g/mol. The predicted octanol–water partition coefficient (Wildman–Crippen LogP) is 2.28. The van der Waals surface area contributed by atoms with E-state index in [1.54, 1.807) is 7.05 Å². The molecule has 0 aliphatic carbocycles. The van der Waals surface area contributed by atoms with Gasteiger partial charge in [-0.2, -0.15) is 5.10 Å². The van der Waals surface area contributed by atoms with E-state index in [0.29, 0.717) is 11.4 Å². The van der Waals surface area contributed by atoms with Gasteiger partial charge in [0.15, 0.2) is 0 Å². The van der Waals surface area contributed by atoms with Gasteiger partial charge in [0.1, 0.15) is 11.4 Å². The van der Waals surface area contributed by atoms with Crippen molar-refractivity contribution in [2.75, 3.05) is 5.73 Å². The van der Waals surface area contributed by atoms with Gasteiger partial charge in [0, 0.05) is 7.05 Å². The van der Waals surface area contributed by atoms with Crippen LogP contribution in [-0.4, -0.2) is 21.8 Å². The fourth-order valence-electron chi connectivity index (χ4n) is 2.19. The summed E-state index contributed by atoms with van der Waals surface area (Å²) in [6.07, 6.45) is 1.60. The van der Waals surface area contributed by atoms with Crippen molar-refractivity contribution in [2.24, 2.45) is 7.05 Å². The van der Waals surface area contributed by atoms with Gasteiger partial charge in [0.25, 0.3) is 5.91 Å². The maximum Gasteiger partial charge on any atom is 0.272 e. The van der Waals surface area contributed by atoms with Crippen molar-refractivity contribution in [2.45, 2.75) is 32.9 Å². The Balaban J connectivity index is 2.06. The second kappa shape index (κ2) is 6.51. The number of aryl methyl sites for hydroxylation is 1. The van der Waals surface area contributed by atoms with E-state index in [2.05, 4.69) is 10.4 Å². The van der Waals surface area contributed by atoms with Gasteiger partial charge in [-0.3, -0.25) is 9.48 Å². The van der Waals surface area contributed by atoms with E-state index < -0.39 is 0 Å². The molecule has 1 amide bonds. The first-order valence-electron chi connectivity index (χ1n) is 7.23. The molecule has 0 radical (unpaired) electrons. The summed E-state index contributed by atoms with van der Waals surface area (Å²) in [5, 5.41) is 6.89. The number of rotatable bonds is 5. The Bertz CT molecular complexity index is 627. The number of nitrogens with zero attached hydrogens (tertiary/aromatic N) is 2. The summed E-state index contributed by atoms with van der Waals surface area (Å²) in [5.74, 6) is 0.570. The Labute approximate surface area is 130 Å². The molecule has 1 aromatic heterocycles. The normalized spacial score (nSPS) is 12.2. The van der Waals surface area contributed by atoms with E-state index >= 15 is 0 Å². The number of nitrogens with two attached hydrogens (primary N) is 1. The van der Waals surface area contributed by atoms with Crippen LogP contribution in [0.15, 0.2) is 30.5 Å². The number of benzene rings is 1. The predicted molar refractivity (Wildman–Crippen MR) is 85.7 cm³/mol. The topological polar surface area (TPSA) is 82.2 Å². The summed E-state index contributed by atoms with van der Waals surface area (Å²) in [4.78, 5) is 12.3. The number of nitrogen functional groups attached to an aromatic ring is 1. The number of ether oxygens (including phenoxy) is 1. The summed E-state index contributed by atoms with van der Waals surface area (Å²) in [7, 11) is 1.69. The Hall–Kier alpha value is -2.50. The zero-order valence-corrected chi connectivity index (χ0v) is 13.3. The molecule has 0 aliphatic rings. The molecule has 22 heavy (non-hydrogen) atoms. The molecule has 1 aromatic carbocycles. The van der Waals surface area contributed by atoms with E-state index in [1.807, 2.05) is 45.0 Å². The van der Waals surface area contributed by atoms with E-state index in [4.69, 9.17) is 10.5 Å². The molecular formula is C16H22N4O2. The van der Waals surface area contributed by atoms with Gasteiger partial charge in [-0.1, -0.05) is 12.1 Å². The van der Waals surface area contributed by atoms with E-state index in [-0.39, 0.29) is 18.1 Å². The first kappa shape index (κ1) is 15.9. The summed E-state index contributed by atoms with van der Waals surface area (Å²) >= 11 is 0. The number of carbonyl (C=O) groups is 1. The van der Waals surface area contributed by atoms with Crippen LogP contribution >= 0.6 is 0 Å². The van der Waals surface area contributed by atoms with Crippen LogP contribution in [-0.2, 0) is 7.05 Å². The van der Waals surface area contributed by atoms with Crippen LogP contribution in [0.3, 0.4) is 0 Å². The molecule has 6 nitrogen and oxygen atoms in total. The molecule has 0 saturated heterocycles. The molecule has 6 heteroatoms. The fraction of sp³-hybridized carbons (Fsp3) is 0.375. The summed E-state index contributed by atoms with van der Waals surface area (Å²) in [6, 6.07) is 7.53. The van der Waals surface area contributed by atoms with Gasteiger partial charge in [-0.15, -0.1) is 0 Å². The molecular weight excluding hydrogens is 280 g/mol. The van der Waals surface area contributed by atoms with Gasteiger partial charge >= 0.3 is 0 Å². The van der Waals surface area contributed by atoms with E-state index in [0.717, 1.165) is 11.3 Å². The highest BCUT2D eigenvalue weighted by Crippen LogP contribution is 2.19. The van der Waals surface area contributed by atoms with Crippen LogP contribution in [0, 0.1) is 0 Å². The van der Waals surface area contributed by atoms with Crippen molar-refractivity contribution in [1.82, 2.24) is 15.1 Å². The third-order valence-electron chi connectivity index (χ3n) is 3.28. The number of aromatic nitrogens is 2. The molecule has 1 heterocycles. The Kier molecular flexibility index (Phi) is 4.70. The number of amides is 1. The maximum atomic E-state index is 12.3. The van der Waals surface area contributed by atoms with Crippen molar-refractivity contribution < 1.29 is 9.53 Å². The smallest absolute Gasteiger partial charge is 0.272 e. The summed E-state index contributed by atoms with van der Waals surface area (Å²) in [5.41, 5.74) is 7.49. The van der Waals surface area contributed by atoms with Gasteiger partial charge in [0.2, 0.25) is 0 Å². The molecule has 2 aromatic rings. The second-order valence-electron chi connectivity index (χ2n) is 5.50. The fourth-order valence-corrected chi connectivity index (χ4v) is 2.19. The third-order valence-corrected chi connectivity index (χ3v) is 3.28. The molecule has 1 unspecified atom stereocenters. The molecule has 0 bridgehead atoms. The molecule has 0 saturated carbocycles. The van der Waals surface area contributed by atoms with Crippen molar-refractivity contribution in [3.05, 3.63) is 41.7 Å². The maximum absolute atomic E-state index is 12.3. The number of carbonyl (C=O) groups excluding carboxylic acids is 1. The molecule has 2 rings (SSSR count). The number of nitrogens with one attached hydrogen (secondary N) is 1. The highest BCUT2D eigenvalue weighted by molar-refractivity contribution is 5.97. The van der Waals surface area contributed by atoms with E-state index in [9.17, 15) is 4.79 Å². The number of anilines is 1. The minimum atomic E-state index is -0.243. The van der Waals surface area contributed by atoms with Crippen LogP contribution in [0.5, 0.6) is 5.75 Å². The minimum Gasteiger partial charge on any atom is -0.491 e. The molecule has 118 valence electrons. The lowest BCUT2D eigenvalue weighted by Gasteiger charge is -2.16. The second-order valence-corrected chi connectivity index (χ2v) is 5.50. The van der Waals surface area contributed by atoms with Gasteiger partial charge < -0.3 is 15.8 Å². The largest absolute Gasteiger partial charge is 0.491 e. The van der Waals surface area contributed by atoms with Crippen molar-refractivity contribution in [3.63, 3.8) is 0 Å². The standard InChI is InChI=1S/C16H22N4O2/c1-10(2)22-13-7-5-12(6-8-13)11(3)19-16(21)15-14(17)9-18-20(15)4/h5-11H,17H2,1-4H3,(H,19,21). The molecule has 0 aliphatic heterocycles. The zero-order valence-electron chi connectivity index (χ0n) is 13.3. The lowest BCUT2D eigenvalue weighted by Crippen LogP contribution is -2.29. The van der Waals surface area contributed by atoms with Crippen molar-refractivity contribution in [1.29, 1.82) is 0 Å². The highest BCUT2D eigenvalue weighted by atomic mass is 16.5. The lowest BCUT2D eigenvalue weighted by molar-refractivity contribution is 0.0931. The van der Waals surface area contributed by atoms with Crippen LogP contribution in [0.4, 0.5) is 5.69 Å². The van der Waals surface area contributed by atoms with E-state index in [1.165, 1.54) is 10.9 Å². The molecule has 0 spiro atoms. The first-order valence-corrected chi connectivity index (χ1v) is 7.23. The minimum absolute atomic E-state index is 0.135. The van der Waals surface area contributed by atoms with Crippen LogP contribution in [0.1, 0.15) is 42.9 Å². The Morgan fingerprint density at radius 2 is 1.91 bits per heavy atom. The van der Waals surface area contributed by atoms with Crippen LogP contribution in [0.2, 0.25) is 0 Å². The van der Waals surface area contributed by atoms with Gasteiger partial charge in [-0.25, -0.2) is 0 Å². The molecule has 3 N–H and O–H groups in total. The van der Waals surface area contributed by atoms with Gasteiger partial charge in [0.05, 0.1) is 24.0 Å². The zero-order chi connectivity index (χ0) is 16.3. The Morgan fingerprint density at radius 3 is 2.41 bits per heavy atom. The lowest BCUT2D eigenvalue weighted by atomic mass is 10.1. The van der Waals surface area contributed by atoms with Crippen molar-refractivity contribution in [3.8, 4) is 5.75 Å².